The molecule has 0 atom stereocenters. The van der Waals surface area contributed by atoms with E-state index in [0.29, 0.717) is 17.2 Å². The first-order valence-corrected chi connectivity index (χ1v) is 5.98. The van der Waals surface area contributed by atoms with Gasteiger partial charge in [0.05, 0.1) is 7.11 Å². The van der Waals surface area contributed by atoms with Crippen molar-refractivity contribution in [3.8, 4) is 5.75 Å². The van der Waals surface area contributed by atoms with Crippen LogP contribution in [0.25, 0.3) is 0 Å². The van der Waals surface area contributed by atoms with Gasteiger partial charge in [0.2, 0.25) is 0 Å². The van der Waals surface area contributed by atoms with Crippen LogP contribution in [0, 0.1) is 13.8 Å². The van der Waals surface area contributed by atoms with Gasteiger partial charge >= 0.3 is 5.97 Å². The first kappa shape index (κ1) is 14.6. The van der Waals surface area contributed by atoms with Gasteiger partial charge in [-0.15, -0.1) is 0 Å². The van der Waals surface area contributed by atoms with Crippen LogP contribution in [-0.4, -0.2) is 19.7 Å². The molecule has 18 heavy (non-hydrogen) atoms. The van der Waals surface area contributed by atoms with Crippen molar-refractivity contribution in [2.45, 2.75) is 20.8 Å². The Balaban J connectivity index is 2.73. The average Bonchev–Trinajstić information content (AvgIpc) is 2.31. The van der Waals surface area contributed by atoms with E-state index >= 15 is 0 Å². The topological polar surface area (TPSA) is 35.5 Å². The van der Waals surface area contributed by atoms with Crippen LogP contribution in [0.15, 0.2) is 23.8 Å². The van der Waals surface area contributed by atoms with Crippen molar-refractivity contribution in [3.05, 3.63) is 39.9 Å². The number of carbonyl (C=O) groups is 1. The number of carbonyl (C=O) groups excluding carboxylic acids is 1. The quantitative estimate of drug-likeness (QED) is 0.620. The summed E-state index contributed by atoms with van der Waals surface area (Å²) in [6.07, 6.45) is 1.69. The highest BCUT2D eigenvalue weighted by molar-refractivity contribution is 6.30. The highest BCUT2D eigenvalue weighted by Crippen LogP contribution is 2.26. The number of ether oxygens (including phenoxy) is 2. The summed E-state index contributed by atoms with van der Waals surface area (Å²) in [5.74, 6) is 0.455. The Kier molecular flexibility index (Phi) is 5.23. The molecule has 0 aliphatic heterocycles. The van der Waals surface area contributed by atoms with Crippen molar-refractivity contribution in [2.24, 2.45) is 0 Å². The number of hydrogen-bond acceptors (Lipinski definition) is 3. The number of methoxy groups -OCH3 is 1. The van der Waals surface area contributed by atoms with Crippen LogP contribution >= 0.6 is 11.6 Å². The van der Waals surface area contributed by atoms with E-state index in [-0.39, 0.29) is 5.97 Å². The van der Waals surface area contributed by atoms with Crippen LogP contribution in [0.2, 0.25) is 5.02 Å². The minimum atomic E-state index is -0.344. The van der Waals surface area contributed by atoms with Gasteiger partial charge in [0, 0.05) is 10.6 Å². The first-order chi connectivity index (χ1) is 8.45. The molecule has 1 aromatic rings. The molecule has 0 fully saturated rings. The maximum atomic E-state index is 11.2. The lowest BCUT2D eigenvalue weighted by Gasteiger charge is -2.11. The van der Waals surface area contributed by atoms with E-state index in [0.717, 1.165) is 16.9 Å². The molecular formula is C14H17ClO3. The molecule has 0 amide bonds. The summed E-state index contributed by atoms with van der Waals surface area (Å²) < 4.78 is 10.2. The molecule has 3 nitrogen and oxygen atoms in total. The third-order valence-electron chi connectivity index (χ3n) is 2.55. The highest BCUT2D eigenvalue weighted by atomic mass is 35.5. The van der Waals surface area contributed by atoms with Crippen molar-refractivity contribution in [1.29, 1.82) is 0 Å². The average molecular weight is 269 g/mol. The largest absolute Gasteiger partial charge is 0.489 e. The summed E-state index contributed by atoms with van der Waals surface area (Å²) in [7, 11) is 1.36. The second kappa shape index (κ2) is 6.45. The Hall–Kier alpha value is -1.48. The monoisotopic (exact) mass is 268 g/mol. The van der Waals surface area contributed by atoms with E-state index in [1.807, 2.05) is 26.0 Å². The summed E-state index contributed by atoms with van der Waals surface area (Å²) in [5, 5.41) is 0.693. The summed E-state index contributed by atoms with van der Waals surface area (Å²) >= 11 is 5.94. The molecule has 0 aromatic heterocycles. The third kappa shape index (κ3) is 3.77. The molecule has 98 valence electrons. The van der Waals surface area contributed by atoms with E-state index in [9.17, 15) is 4.79 Å². The number of hydrogen-bond donors (Lipinski definition) is 0. The van der Waals surface area contributed by atoms with E-state index < -0.39 is 0 Å². The zero-order chi connectivity index (χ0) is 13.7. The SMILES string of the molecule is COC(=O)C(C)=CCOc1c(C)cc(Cl)cc1C. The fourth-order valence-corrected chi connectivity index (χ4v) is 1.95. The smallest absolute Gasteiger partial charge is 0.333 e. The summed E-state index contributed by atoms with van der Waals surface area (Å²) in [5.41, 5.74) is 2.48. The first-order valence-electron chi connectivity index (χ1n) is 5.60. The number of halogens is 1. The standard InChI is InChI=1S/C14H17ClO3/c1-9(14(16)17-4)5-6-18-13-10(2)7-12(15)8-11(13)3/h5,7-8H,6H2,1-4H3. The second-order valence-electron chi connectivity index (χ2n) is 4.06. The number of rotatable bonds is 4. The van der Waals surface area contributed by atoms with Gasteiger partial charge in [0.25, 0.3) is 0 Å². The number of benzene rings is 1. The highest BCUT2D eigenvalue weighted by Gasteiger charge is 2.06. The van der Waals surface area contributed by atoms with Crippen LogP contribution in [0.4, 0.5) is 0 Å². The Labute approximate surface area is 112 Å². The van der Waals surface area contributed by atoms with Gasteiger partial charge in [-0.25, -0.2) is 4.79 Å². The Morgan fingerprint density at radius 3 is 2.39 bits per heavy atom. The molecule has 0 aliphatic rings. The second-order valence-corrected chi connectivity index (χ2v) is 4.49. The van der Waals surface area contributed by atoms with Gasteiger partial charge < -0.3 is 9.47 Å². The van der Waals surface area contributed by atoms with Crippen LogP contribution in [0.1, 0.15) is 18.1 Å². The zero-order valence-corrected chi connectivity index (χ0v) is 11.8. The predicted octanol–water partition coefficient (Wildman–Crippen LogP) is 3.45. The molecule has 0 radical (unpaired) electrons. The van der Waals surface area contributed by atoms with Gasteiger partial charge in [-0.2, -0.15) is 0 Å². The molecule has 0 unspecified atom stereocenters. The van der Waals surface area contributed by atoms with Crippen molar-refractivity contribution < 1.29 is 14.3 Å². The predicted molar refractivity (Wildman–Crippen MR) is 72.2 cm³/mol. The van der Waals surface area contributed by atoms with E-state index in [1.165, 1.54) is 7.11 Å². The molecule has 0 aliphatic carbocycles. The van der Waals surface area contributed by atoms with Crippen molar-refractivity contribution in [1.82, 2.24) is 0 Å². The lowest BCUT2D eigenvalue weighted by molar-refractivity contribution is -0.136. The fourth-order valence-electron chi connectivity index (χ4n) is 1.62. The van der Waals surface area contributed by atoms with Gasteiger partial charge in [-0.3, -0.25) is 0 Å². The minimum Gasteiger partial charge on any atom is -0.489 e. The molecule has 0 bridgehead atoms. The van der Waals surface area contributed by atoms with Crippen LogP contribution in [0.3, 0.4) is 0 Å². The molecule has 0 saturated carbocycles. The Morgan fingerprint density at radius 1 is 1.33 bits per heavy atom. The lowest BCUT2D eigenvalue weighted by atomic mass is 10.1. The van der Waals surface area contributed by atoms with E-state index in [2.05, 4.69) is 4.74 Å². The van der Waals surface area contributed by atoms with Gasteiger partial charge in [0.15, 0.2) is 0 Å². The van der Waals surface area contributed by atoms with Crippen LogP contribution < -0.4 is 4.74 Å². The molecule has 1 rings (SSSR count). The Morgan fingerprint density at radius 2 is 1.89 bits per heavy atom. The molecule has 1 aromatic carbocycles. The summed E-state index contributed by atoms with van der Waals surface area (Å²) in [6, 6.07) is 3.70. The normalized spacial score (nSPS) is 11.3. The van der Waals surface area contributed by atoms with Crippen LogP contribution in [0.5, 0.6) is 5.75 Å². The number of aryl methyl sites for hydroxylation is 2. The van der Waals surface area contributed by atoms with Gasteiger partial charge in [-0.1, -0.05) is 11.6 Å². The van der Waals surface area contributed by atoms with Crippen molar-refractivity contribution in [3.63, 3.8) is 0 Å². The zero-order valence-electron chi connectivity index (χ0n) is 11.0. The minimum absolute atomic E-state index is 0.324. The summed E-state index contributed by atoms with van der Waals surface area (Å²) in [6.45, 7) is 5.89. The molecule has 0 spiro atoms. The molecule has 0 N–H and O–H groups in total. The molecule has 0 heterocycles. The summed E-state index contributed by atoms with van der Waals surface area (Å²) in [4.78, 5) is 11.2. The van der Waals surface area contributed by atoms with Gasteiger partial charge in [-0.05, 0) is 50.1 Å². The van der Waals surface area contributed by atoms with Crippen molar-refractivity contribution in [2.75, 3.05) is 13.7 Å². The van der Waals surface area contributed by atoms with E-state index in [1.54, 1.807) is 13.0 Å². The van der Waals surface area contributed by atoms with Crippen molar-refractivity contribution >= 4 is 17.6 Å². The molecule has 4 heteroatoms. The van der Waals surface area contributed by atoms with Crippen LogP contribution in [-0.2, 0) is 9.53 Å². The van der Waals surface area contributed by atoms with Gasteiger partial charge in [0.1, 0.15) is 12.4 Å². The lowest BCUT2D eigenvalue weighted by Crippen LogP contribution is -2.05. The number of esters is 1. The molecular weight excluding hydrogens is 252 g/mol. The maximum Gasteiger partial charge on any atom is 0.333 e. The molecule has 0 saturated heterocycles. The Bertz CT molecular complexity index is 455. The fraction of sp³-hybridized carbons (Fsp3) is 0.357. The third-order valence-corrected chi connectivity index (χ3v) is 2.77. The van der Waals surface area contributed by atoms with E-state index in [4.69, 9.17) is 16.3 Å². The maximum absolute atomic E-state index is 11.2.